The Morgan fingerprint density at radius 3 is 2.08 bits per heavy atom. The molecule has 0 amide bonds. The zero-order valence-corrected chi connectivity index (χ0v) is 9.92. The average molecular weight is 206 g/mol. The number of carbonyl (C=O) groups excluding carboxylic acids is 1. The van der Waals surface area contributed by atoms with E-state index in [0.29, 0.717) is 6.42 Å². The second-order valence-corrected chi connectivity index (χ2v) is 6.42. The van der Waals surface area contributed by atoms with Crippen molar-refractivity contribution in [3.05, 3.63) is 0 Å². The van der Waals surface area contributed by atoms with E-state index < -0.39 is 8.56 Å². The Bertz CT molecular complexity index is 168. The first kappa shape index (κ1) is 12.6. The molecule has 0 heterocycles. The van der Waals surface area contributed by atoms with Gasteiger partial charge in [-0.1, -0.05) is 6.92 Å². The Labute approximate surface area is 80.4 Å². The lowest BCUT2D eigenvalue weighted by molar-refractivity contribution is -0.144. The molecule has 0 saturated heterocycles. The van der Waals surface area contributed by atoms with Crippen LogP contribution >= 0.6 is 0 Å². The topological polar surface area (TPSA) is 44.8 Å². The van der Waals surface area contributed by atoms with Gasteiger partial charge < -0.3 is 13.6 Å². The summed E-state index contributed by atoms with van der Waals surface area (Å²) in [6.07, 6.45) is 0.712. The van der Waals surface area contributed by atoms with Crippen LogP contribution in [0.5, 0.6) is 0 Å². The van der Waals surface area contributed by atoms with Crippen LogP contribution in [0.15, 0.2) is 0 Å². The molecule has 0 rings (SSSR count). The van der Waals surface area contributed by atoms with Crippen LogP contribution in [0.2, 0.25) is 6.55 Å². The first-order valence-corrected chi connectivity index (χ1v) is 6.67. The molecule has 0 aromatic rings. The van der Waals surface area contributed by atoms with Gasteiger partial charge in [0, 0.05) is 21.1 Å². The van der Waals surface area contributed by atoms with Gasteiger partial charge >= 0.3 is 14.5 Å². The molecule has 0 aromatic carbocycles. The van der Waals surface area contributed by atoms with Crippen LogP contribution in [0, 0.1) is 0 Å². The van der Waals surface area contributed by atoms with Crippen molar-refractivity contribution in [2.24, 2.45) is 0 Å². The van der Waals surface area contributed by atoms with Crippen LogP contribution < -0.4 is 0 Å². The molecule has 0 aliphatic heterocycles. The molecule has 4 nitrogen and oxygen atoms in total. The van der Waals surface area contributed by atoms with E-state index in [1.165, 1.54) is 6.92 Å². The molecule has 13 heavy (non-hydrogen) atoms. The molecule has 0 radical (unpaired) electrons. The van der Waals surface area contributed by atoms with Gasteiger partial charge in [0.2, 0.25) is 0 Å². The minimum Gasteiger partial charge on any atom is -0.461 e. The normalized spacial score (nSPS) is 13.9. The van der Waals surface area contributed by atoms with Crippen molar-refractivity contribution in [3.63, 3.8) is 0 Å². The highest BCUT2D eigenvalue weighted by molar-refractivity contribution is 6.67. The van der Waals surface area contributed by atoms with E-state index in [9.17, 15) is 4.79 Å². The molecule has 0 N–H and O–H groups in total. The number of hydrogen-bond acceptors (Lipinski definition) is 4. The Morgan fingerprint density at radius 2 is 1.85 bits per heavy atom. The van der Waals surface area contributed by atoms with Crippen molar-refractivity contribution >= 4 is 14.5 Å². The average Bonchev–Trinajstić information content (AvgIpc) is 2.12. The van der Waals surface area contributed by atoms with Crippen LogP contribution in [-0.4, -0.2) is 34.5 Å². The predicted octanol–water partition coefficient (Wildman–Crippen LogP) is 1.23. The van der Waals surface area contributed by atoms with E-state index in [1.807, 2.05) is 13.5 Å². The second-order valence-electron chi connectivity index (χ2n) is 2.93. The Balaban J connectivity index is 4.42. The summed E-state index contributed by atoms with van der Waals surface area (Å²) in [6.45, 7) is 5.21. The van der Waals surface area contributed by atoms with Crippen LogP contribution in [0.3, 0.4) is 0 Å². The van der Waals surface area contributed by atoms with Crippen molar-refractivity contribution in [1.82, 2.24) is 0 Å². The summed E-state index contributed by atoms with van der Waals surface area (Å²) in [4.78, 5) is 10.8. The van der Waals surface area contributed by atoms with Gasteiger partial charge in [-0.3, -0.25) is 4.79 Å². The van der Waals surface area contributed by atoms with Gasteiger partial charge in [0.1, 0.15) is 5.73 Å². The predicted molar refractivity (Wildman–Crippen MR) is 51.5 cm³/mol. The number of carbonyl (C=O) groups is 1. The zero-order chi connectivity index (χ0) is 10.5. The minimum absolute atomic E-state index is 0.236. The van der Waals surface area contributed by atoms with Crippen molar-refractivity contribution in [2.45, 2.75) is 32.5 Å². The largest absolute Gasteiger partial charge is 0.461 e. The highest BCUT2D eigenvalue weighted by Crippen LogP contribution is 2.16. The van der Waals surface area contributed by atoms with E-state index in [2.05, 4.69) is 0 Å². The van der Waals surface area contributed by atoms with Crippen LogP contribution in [-0.2, 0) is 18.4 Å². The van der Waals surface area contributed by atoms with Crippen molar-refractivity contribution < 1.29 is 18.4 Å². The molecular formula is C8H18O4Si. The molecule has 0 aliphatic rings. The number of ether oxygens (including phenoxy) is 1. The van der Waals surface area contributed by atoms with Gasteiger partial charge in [-0.2, -0.15) is 0 Å². The van der Waals surface area contributed by atoms with Gasteiger partial charge in [0.25, 0.3) is 0 Å². The lowest BCUT2D eigenvalue weighted by atomic mass is 10.5. The summed E-state index contributed by atoms with van der Waals surface area (Å²) in [5.41, 5.74) is -0.236. The molecule has 1 unspecified atom stereocenters. The van der Waals surface area contributed by atoms with Crippen molar-refractivity contribution in [2.75, 3.05) is 14.2 Å². The van der Waals surface area contributed by atoms with E-state index in [1.54, 1.807) is 14.2 Å². The SMILES string of the molecule is CCC(OC(C)=O)[Si](C)(OC)OC. The molecule has 78 valence electrons. The third kappa shape index (κ3) is 3.46. The summed E-state index contributed by atoms with van der Waals surface area (Å²) in [5, 5.41) is 0. The third-order valence-corrected chi connectivity index (χ3v) is 5.39. The maximum Gasteiger partial charge on any atom is 0.376 e. The highest BCUT2D eigenvalue weighted by atomic mass is 28.4. The Hall–Kier alpha value is -0.393. The lowest BCUT2D eigenvalue weighted by Gasteiger charge is -2.30. The smallest absolute Gasteiger partial charge is 0.376 e. The minimum atomic E-state index is -2.33. The van der Waals surface area contributed by atoms with Crippen LogP contribution in [0.1, 0.15) is 20.3 Å². The number of esters is 1. The monoisotopic (exact) mass is 206 g/mol. The Kier molecular flexibility index (Phi) is 5.20. The van der Waals surface area contributed by atoms with Gasteiger partial charge in [-0.05, 0) is 13.0 Å². The van der Waals surface area contributed by atoms with Gasteiger partial charge in [-0.25, -0.2) is 0 Å². The first-order chi connectivity index (χ1) is 6.00. The zero-order valence-electron chi connectivity index (χ0n) is 8.92. The lowest BCUT2D eigenvalue weighted by Crippen LogP contribution is -2.51. The van der Waals surface area contributed by atoms with E-state index in [-0.39, 0.29) is 11.7 Å². The van der Waals surface area contributed by atoms with Gasteiger partial charge in [0.15, 0.2) is 0 Å². The van der Waals surface area contributed by atoms with E-state index in [4.69, 9.17) is 13.6 Å². The van der Waals surface area contributed by atoms with E-state index in [0.717, 1.165) is 0 Å². The quantitative estimate of drug-likeness (QED) is 0.501. The van der Waals surface area contributed by atoms with Gasteiger partial charge in [0.05, 0.1) is 0 Å². The third-order valence-electron chi connectivity index (χ3n) is 2.07. The maximum atomic E-state index is 10.8. The Morgan fingerprint density at radius 1 is 1.38 bits per heavy atom. The molecule has 5 heteroatoms. The fraction of sp³-hybridized carbons (Fsp3) is 0.875. The van der Waals surface area contributed by atoms with E-state index >= 15 is 0 Å². The first-order valence-electron chi connectivity index (χ1n) is 4.27. The van der Waals surface area contributed by atoms with Crippen LogP contribution in [0.25, 0.3) is 0 Å². The summed E-state index contributed by atoms with van der Waals surface area (Å²) in [5.74, 6) is -0.292. The molecule has 0 fully saturated rings. The molecule has 0 spiro atoms. The molecule has 0 bridgehead atoms. The second kappa shape index (κ2) is 5.36. The standard InChI is InChI=1S/C8H18O4Si/c1-6-8(12-7(2)9)13(5,10-3)11-4/h8H,6H2,1-5H3. The van der Waals surface area contributed by atoms with Crippen molar-refractivity contribution in [3.8, 4) is 0 Å². The van der Waals surface area contributed by atoms with Crippen LogP contribution in [0.4, 0.5) is 0 Å². The molecule has 0 aliphatic carbocycles. The maximum absolute atomic E-state index is 10.8. The molecule has 0 aromatic heterocycles. The summed E-state index contributed by atoms with van der Waals surface area (Å²) in [6, 6.07) is 0. The summed E-state index contributed by atoms with van der Waals surface area (Å²) >= 11 is 0. The highest BCUT2D eigenvalue weighted by Gasteiger charge is 2.41. The van der Waals surface area contributed by atoms with Crippen molar-refractivity contribution in [1.29, 1.82) is 0 Å². The molecule has 1 atom stereocenters. The molecular weight excluding hydrogens is 188 g/mol. The molecule has 0 saturated carbocycles. The summed E-state index contributed by atoms with van der Waals surface area (Å²) in [7, 11) is 0.838. The van der Waals surface area contributed by atoms with Gasteiger partial charge in [-0.15, -0.1) is 0 Å². The number of rotatable bonds is 5. The summed E-state index contributed by atoms with van der Waals surface area (Å²) < 4.78 is 15.7. The fourth-order valence-electron chi connectivity index (χ4n) is 1.11. The number of hydrogen-bond donors (Lipinski definition) is 0. The fourth-order valence-corrected chi connectivity index (χ4v) is 2.92.